The topological polar surface area (TPSA) is 105 Å². The molecule has 148 valence electrons. The second kappa shape index (κ2) is 8.75. The molecule has 0 radical (unpaired) electrons. The Morgan fingerprint density at radius 1 is 1.22 bits per heavy atom. The lowest BCUT2D eigenvalue weighted by atomic mass is 9.92. The zero-order valence-electron chi connectivity index (χ0n) is 15.8. The van der Waals surface area contributed by atoms with Crippen molar-refractivity contribution in [2.24, 2.45) is 5.92 Å². The summed E-state index contributed by atoms with van der Waals surface area (Å²) in [4.78, 5) is 37.2. The Labute approximate surface area is 158 Å². The molecule has 8 heteroatoms. The number of likely N-dealkylation sites (tertiary alicyclic amines) is 1. The average Bonchev–Trinajstić information content (AvgIpc) is 2.59. The van der Waals surface area contributed by atoms with Gasteiger partial charge in [-0.15, -0.1) is 0 Å². The molecule has 0 aromatic heterocycles. The molecule has 2 atom stereocenters. The summed E-state index contributed by atoms with van der Waals surface area (Å²) in [7, 11) is 0. The van der Waals surface area contributed by atoms with E-state index in [-0.39, 0.29) is 13.2 Å². The molecule has 1 aliphatic heterocycles. The van der Waals surface area contributed by atoms with Crippen LogP contribution in [-0.2, 0) is 20.9 Å². The molecule has 2 amide bonds. The molecule has 2 rings (SSSR count). The molecule has 1 aromatic rings. The summed E-state index contributed by atoms with van der Waals surface area (Å²) in [5.74, 6) is -2.02. The molecule has 1 fully saturated rings. The number of amides is 2. The van der Waals surface area contributed by atoms with Gasteiger partial charge in [-0.1, -0.05) is 30.3 Å². The first kappa shape index (κ1) is 20.5. The summed E-state index contributed by atoms with van der Waals surface area (Å²) in [6, 6.07) is 8.57. The minimum atomic E-state index is -1.09. The highest BCUT2D eigenvalue weighted by Gasteiger charge is 2.38. The first-order valence-electron chi connectivity index (χ1n) is 8.83. The third kappa shape index (κ3) is 6.47. The van der Waals surface area contributed by atoms with Crippen molar-refractivity contribution in [2.75, 3.05) is 13.1 Å². The third-order valence-corrected chi connectivity index (χ3v) is 4.10. The van der Waals surface area contributed by atoms with Crippen LogP contribution in [0, 0.1) is 5.92 Å². The number of carboxylic acid groups (broad SMARTS) is 1. The van der Waals surface area contributed by atoms with E-state index in [1.165, 1.54) is 4.90 Å². The maximum Gasteiger partial charge on any atom is 0.410 e. The zero-order valence-corrected chi connectivity index (χ0v) is 15.8. The van der Waals surface area contributed by atoms with Gasteiger partial charge in [0.1, 0.15) is 12.2 Å². The standard InChI is InChI=1S/C19H26N2O6/c1-19(2,3)27-18(25)21-10-9-15(14(11-21)16(22)23)20-17(24)26-12-13-7-5-4-6-8-13/h4-8,14-15H,9-12H2,1-3H3,(H,20,24)(H,22,23)/t14-,15-/m0/s1. The van der Waals surface area contributed by atoms with Gasteiger partial charge in [-0.05, 0) is 32.8 Å². The largest absolute Gasteiger partial charge is 0.481 e. The summed E-state index contributed by atoms with van der Waals surface area (Å²) < 4.78 is 10.4. The zero-order chi connectivity index (χ0) is 20.0. The Morgan fingerprint density at radius 3 is 2.48 bits per heavy atom. The number of hydrogen-bond donors (Lipinski definition) is 2. The molecule has 1 heterocycles. The second-order valence-corrected chi connectivity index (χ2v) is 7.47. The van der Waals surface area contributed by atoms with Gasteiger partial charge in [0.2, 0.25) is 0 Å². The molecule has 0 spiro atoms. The van der Waals surface area contributed by atoms with Crippen molar-refractivity contribution in [1.82, 2.24) is 10.2 Å². The number of carbonyl (C=O) groups is 3. The van der Waals surface area contributed by atoms with Crippen LogP contribution in [0.3, 0.4) is 0 Å². The molecular weight excluding hydrogens is 352 g/mol. The second-order valence-electron chi connectivity index (χ2n) is 7.47. The Morgan fingerprint density at radius 2 is 1.89 bits per heavy atom. The fraction of sp³-hybridized carbons (Fsp3) is 0.526. The van der Waals surface area contributed by atoms with E-state index in [0.717, 1.165) is 5.56 Å². The summed E-state index contributed by atoms with van der Waals surface area (Å²) >= 11 is 0. The number of nitrogens with zero attached hydrogens (tertiary/aromatic N) is 1. The number of benzene rings is 1. The van der Waals surface area contributed by atoms with Gasteiger partial charge in [-0.2, -0.15) is 0 Å². The predicted molar refractivity (Wildman–Crippen MR) is 97.1 cm³/mol. The number of carboxylic acids is 1. The minimum Gasteiger partial charge on any atom is -0.481 e. The van der Waals surface area contributed by atoms with Crippen molar-refractivity contribution < 1.29 is 29.0 Å². The lowest BCUT2D eigenvalue weighted by Crippen LogP contribution is -2.55. The van der Waals surface area contributed by atoms with Crippen LogP contribution < -0.4 is 5.32 Å². The number of nitrogens with one attached hydrogen (secondary N) is 1. The van der Waals surface area contributed by atoms with Gasteiger partial charge in [-0.25, -0.2) is 9.59 Å². The van der Waals surface area contributed by atoms with Gasteiger partial charge in [0, 0.05) is 19.1 Å². The number of hydrogen-bond acceptors (Lipinski definition) is 5. The monoisotopic (exact) mass is 378 g/mol. The van der Waals surface area contributed by atoms with Gasteiger partial charge >= 0.3 is 18.2 Å². The molecule has 0 unspecified atom stereocenters. The van der Waals surface area contributed by atoms with Crippen molar-refractivity contribution in [3.05, 3.63) is 35.9 Å². The van der Waals surface area contributed by atoms with E-state index in [1.54, 1.807) is 20.8 Å². The molecular formula is C19H26N2O6. The number of ether oxygens (including phenoxy) is 2. The summed E-state index contributed by atoms with van der Waals surface area (Å²) in [5.41, 5.74) is 0.175. The number of carbonyl (C=O) groups excluding carboxylic acids is 2. The van der Waals surface area contributed by atoms with Crippen LogP contribution in [0.5, 0.6) is 0 Å². The van der Waals surface area contributed by atoms with Gasteiger partial charge in [0.05, 0.1) is 5.92 Å². The van der Waals surface area contributed by atoms with E-state index in [1.807, 2.05) is 30.3 Å². The SMILES string of the molecule is CC(C)(C)OC(=O)N1CC[C@H](NC(=O)OCc2ccccc2)[C@@H](C(=O)O)C1. The number of alkyl carbamates (subject to hydrolysis) is 1. The first-order chi connectivity index (χ1) is 12.7. The quantitative estimate of drug-likeness (QED) is 0.834. The highest BCUT2D eigenvalue weighted by atomic mass is 16.6. The van der Waals surface area contributed by atoms with E-state index in [0.29, 0.717) is 13.0 Å². The first-order valence-corrected chi connectivity index (χ1v) is 8.83. The van der Waals surface area contributed by atoms with Gasteiger partial charge in [0.15, 0.2) is 0 Å². The molecule has 0 aliphatic carbocycles. The molecule has 8 nitrogen and oxygen atoms in total. The fourth-order valence-electron chi connectivity index (χ4n) is 2.78. The van der Waals surface area contributed by atoms with Crippen molar-refractivity contribution in [3.63, 3.8) is 0 Å². The number of rotatable bonds is 4. The smallest absolute Gasteiger partial charge is 0.410 e. The van der Waals surface area contributed by atoms with Gasteiger partial charge in [0.25, 0.3) is 0 Å². The molecule has 2 N–H and O–H groups in total. The van der Waals surface area contributed by atoms with Crippen molar-refractivity contribution in [2.45, 2.75) is 45.4 Å². The molecule has 1 aliphatic rings. The third-order valence-electron chi connectivity index (χ3n) is 4.10. The van der Waals surface area contributed by atoms with Crippen LogP contribution >= 0.6 is 0 Å². The molecule has 27 heavy (non-hydrogen) atoms. The molecule has 1 saturated heterocycles. The van der Waals surface area contributed by atoms with Gasteiger partial charge in [-0.3, -0.25) is 4.79 Å². The van der Waals surface area contributed by atoms with E-state index >= 15 is 0 Å². The lowest BCUT2D eigenvalue weighted by Gasteiger charge is -2.37. The molecule has 0 bridgehead atoms. The van der Waals surface area contributed by atoms with Crippen molar-refractivity contribution in [3.8, 4) is 0 Å². The van der Waals surface area contributed by atoms with Gasteiger partial charge < -0.3 is 24.8 Å². The summed E-state index contributed by atoms with van der Waals surface area (Å²) in [6.07, 6.45) is -0.934. The van der Waals surface area contributed by atoms with Crippen LogP contribution in [0.2, 0.25) is 0 Å². The molecule has 1 aromatic carbocycles. The van der Waals surface area contributed by atoms with Crippen molar-refractivity contribution >= 4 is 18.2 Å². The average molecular weight is 378 g/mol. The highest BCUT2D eigenvalue weighted by molar-refractivity contribution is 5.76. The van der Waals surface area contributed by atoms with Crippen LogP contribution in [0.1, 0.15) is 32.8 Å². The van der Waals surface area contributed by atoms with E-state index < -0.39 is 35.7 Å². The Balaban J connectivity index is 1.90. The van der Waals surface area contributed by atoms with E-state index in [9.17, 15) is 19.5 Å². The normalized spacial score (nSPS) is 19.9. The Kier molecular flexibility index (Phi) is 6.65. The van der Waals surface area contributed by atoms with Crippen LogP contribution in [0.4, 0.5) is 9.59 Å². The van der Waals surface area contributed by atoms with E-state index in [2.05, 4.69) is 5.32 Å². The number of piperidine rings is 1. The van der Waals surface area contributed by atoms with Crippen LogP contribution in [0.15, 0.2) is 30.3 Å². The maximum absolute atomic E-state index is 12.2. The van der Waals surface area contributed by atoms with Crippen molar-refractivity contribution in [1.29, 1.82) is 0 Å². The summed E-state index contributed by atoms with van der Waals surface area (Å²) in [6.45, 7) is 5.60. The molecule has 0 saturated carbocycles. The van der Waals surface area contributed by atoms with Crippen LogP contribution in [0.25, 0.3) is 0 Å². The number of aliphatic carboxylic acids is 1. The summed E-state index contributed by atoms with van der Waals surface area (Å²) in [5, 5.41) is 12.1. The van der Waals surface area contributed by atoms with E-state index in [4.69, 9.17) is 9.47 Å². The lowest BCUT2D eigenvalue weighted by molar-refractivity contribution is -0.144. The van der Waals surface area contributed by atoms with Crippen LogP contribution in [-0.4, -0.2) is 52.9 Å². The Hall–Kier alpha value is -2.77. The predicted octanol–water partition coefficient (Wildman–Crippen LogP) is 2.62. The highest BCUT2D eigenvalue weighted by Crippen LogP contribution is 2.20. The maximum atomic E-state index is 12.2. The Bertz CT molecular complexity index is 671. The minimum absolute atomic E-state index is 0.0339. The fourth-order valence-corrected chi connectivity index (χ4v) is 2.78.